The lowest BCUT2D eigenvalue weighted by Crippen LogP contribution is -1.96. The molecule has 4 heteroatoms. The molecule has 0 fully saturated rings. The molecule has 0 spiro atoms. The van der Waals surface area contributed by atoms with Gasteiger partial charge < -0.3 is 9.13 Å². The Morgan fingerprint density at radius 1 is 0.200 bits per heavy atom. The van der Waals surface area contributed by atoms with E-state index in [4.69, 9.17) is 9.97 Å². The number of benzene rings is 13. The van der Waals surface area contributed by atoms with Gasteiger partial charge in [0, 0.05) is 44.0 Å². The van der Waals surface area contributed by atoms with E-state index in [2.05, 4.69) is 276 Å². The van der Waals surface area contributed by atoms with Crippen molar-refractivity contribution in [1.82, 2.24) is 19.1 Å². The molecule has 0 saturated heterocycles. The Morgan fingerprint density at radius 3 is 0.925 bits per heavy atom. The molecule has 0 aliphatic carbocycles. The van der Waals surface area contributed by atoms with Crippen molar-refractivity contribution in [2.24, 2.45) is 0 Å². The number of fused-ring (bicyclic) bond motifs is 9. The zero-order chi connectivity index (χ0) is 52.7. The van der Waals surface area contributed by atoms with Crippen molar-refractivity contribution in [3.63, 3.8) is 0 Å². The minimum absolute atomic E-state index is 0.855. The average molecular weight is 1020 g/mol. The second kappa shape index (κ2) is 18.5. The van der Waals surface area contributed by atoms with Crippen LogP contribution in [0.5, 0.6) is 0 Å². The molecule has 0 saturated carbocycles. The van der Waals surface area contributed by atoms with Gasteiger partial charge in [-0.15, -0.1) is 0 Å². The first-order chi connectivity index (χ1) is 39.6. The Labute approximate surface area is 462 Å². The summed E-state index contributed by atoms with van der Waals surface area (Å²) in [5.74, 6) is 0. The third-order valence-corrected chi connectivity index (χ3v) is 16.3. The number of nitrogens with zero attached hydrogens (tertiary/aromatic N) is 4. The summed E-state index contributed by atoms with van der Waals surface area (Å²) < 4.78 is 4.78. The van der Waals surface area contributed by atoms with Crippen LogP contribution in [0.1, 0.15) is 0 Å². The van der Waals surface area contributed by atoms with E-state index < -0.39 is 0 Å². The van der Waals surface area contributed by atoms with Crippen LogP contribution in [-0.2, 0) is 0 Å². The molecular formula is C76H48N4. The van der Waals surface area contributed by atoms with Crippen LogP contribution in [0.15, 0.2) is 291 Å². The first kappa shape index (κ1) is 45.5. The van der Waals surface area contributed by atoms with Crippen LogP contribution in [0.25, 0.3) is 155 Å². The van der Waals surface area contributed by atoms with Crippen molar-refractivity contribution in [3.05, 3.63) is 291 Å². The van der Waals surface area contributed by atoms with Crippen molar-refractivity contribution >= 4 is 76.2 Å². The molecule has 0 radical (unpaired) electrons. The fourth-order valence-corrected chi connectivity index (χ4v) is 12.2. The summed E-state index contributed by atoms with van der Waals surface area (Å²) in [5.41, 5.74) is 21.9. The molecule has 0 N–H and O–H groups in total. The topological polar surface area (TPSA) is 35.6 Å². The van der Waals surface area contributed by atoms with Crippen LogP contribution in [0.2, 0.25) is 0 Å². The third-order valence-electron chi connectivity index (χ3n) is 16.3. The minimum Gasteiger partial charge on any atom is -0.309 e. The molecule has 3 heterocycles. The quantitative estimate of drug-likeness (QED) is 0.152. The molecule has 4 nitrogen and oxygen atoms in total. The van der Waals surface area contributed by atoms with Gasteiger partial charge in [-0.25, -0.2) is 9.97 Å². The van der Waals surface area contributed by atoms with Crippen LogP contribution in [0, 0.1) is 0 Å². The Bertz CT molecular complexity index is 4760. The summed E-state index contributed by atoms with van der Waals surface area (Å²) in [6.07, 6.45) is 0. The van der Waals surface area contributed by atoms with Crippen molar-refractivity contribution in [2.75, 3.05) is 0 Å². The zero-order valence-electron chi connectivity index (χ0n) is 43.5. The van der Waals surface area contributed by atoms with Gasteiger partial charge in [0.1, 0.15) is 0 Å². The van der Waals surface area contributed by atoms with Crippen LogP contribution in [0.3, 0.4) is 0 Å². The van der Waals surface area contributed by atoms with Crippen molar-refractivity contribution in [1.29, 1.82) is 0 Å². The summed E-state index contributed by atoms with van der Waals surface area (Å²) in [4.78, 5) is 10.5. The van der Waals surface area contributed by atoms with Crippen molar-refractivity contribution in [3.8, 4) is 78.4 Å². The Morgan fingerprint density at radius 2 is 0.500 bits per heavy atom. The fraction of sp³-hybridized carbons (Fsp3) is 0. The monoisotopic (exact) mass is 1020 g/mol. The molecule has 13 aromatic carbocycles. The first-order valence-electron chi connectivity index (χ1n) is 27.4. The van der Waals surface area contributed by atoms with Crippen molar-refractivity contribution < 1.29 is 0 Å². The molecule has 3 aromatic heterocycles. The lowest BCUT2D eigenvalue weighted by Gasteiger charge is -2.13. The minimum atomic E-state index is 0.855. The summed E-state index contributed by atoms with van der Waals surface area (Å²) in [6.45, 7) is 0. The molecule has 0 bridgehead atoms. The molecule has 372 valence electrons. The predicted octanol–water partition coefficient (Wildman–Crippen LogP) is 20.1. The number of aromatic nitrogens is 4. The molecule has 0 atom stereocenters. The first-order valence-corrected chi connectivity index (χ1v) is 27.4. The summed E-state index contributed by atoms with van der Waals surface area (Å²) in [7, 11) is 0. The van der Waals surface area contributed by atoms with Gasteiger partial charge in [-0.05, 0) is 151 Å². The second-order valence-corrected chi connectivity index (χ2v) is 21.0. The van der Waals surface area contributed by atoms with E-state index in [0.717, 1.165) is 67.2 Å². The summed E-state index contributed by atoms with van der Waals surface area (Å²) in [5, 5.41) is 9.97. The molecule has 16 aromatic rings. The molecule has 0 aliphatic rings. The highest BCUT2D eigenvalue weighted by Crippen LogP contribution is 2.40. The Kier molecular flexibility index (Phi) is 10.5. The van der Waals surface area contributed by atoms with Crippen LogP contribution in [-0.4, -0.2) is 19.1 Å². The third kappa shape index (κ3) is 7.68. The maximum Gasteiger partial charge on any atom is 0.0973 e. The van der Waals surface area contributed by atoms with Crippen molar-refractivity contribution in [2.45, 2.75) is 0 Å². The van der Waals surface area contributed by atoms with E-state index >= 15 is 0 Å². The lowest BCUT2D eigenvalue weighted by molar-refractivity contribution is 1.18. The second-order valence-electron chi connectivity index (χ2n) is 21.0. The lowest BCUT2D eigenvalue weighted by atomic mass is 9.98. The molecule has 0 unspecified atom stereocenters. The van der Waals surface area contributed by atoms with E-state index in [-0.39, 0.29) is 0 Å². The van der Waals surface area contributed by atoms with Crippen LogP contribution in [0.4, 0.5) is 0 Å². The van der Waals surface area contributed by atoms with Gasteiger partial charge in [-0.2, -0.15) is 0 Å². The van der Waals surface area contributed by atoms with Gasteiger partial charge in [0.15, 0.2) is 0 Å². The highest BCUT2D eigenvalue weighted by molar-refractivity contribution is 6.12. The van der Waals surface area contributed by atoms with Crippen LogP contribution < -0.4 is 0 Å². The molecule has 16 rings (SSSR count). The number of hydrogen-bond acceptors (Lipinski definition) is 2. The average Bonchev–Trinajstić information content (AvgIpc) is 4.19. The Balaban J connectivity index is 0.681. The summed E-state index contributed by atoms with van der Waals surface area (Å²) in [6, 6.07) is 105. The molecule has 80 heavy (non-hydrogen) atoms. The van der Waals surface area contributed by atoms with E-state index in [9.17, 15) is 0 Å². The van der Waals surface area contributed by atoms with Gasteiger partial charge in [0.2, 0.25) is 0 Å². The van der Waals surface area contributed by atoms with Crippen LogP contribution >= 0.6 is 0 Å². The van der Waals surface area contributed by atoms with Gasteiger partial charge in [0.25, 0.3) is 0 Å². The number of rotatable bonds is 8. The van der Waals surface area contributed by atoms with E-state index in [1.54, 1.807) is 0 Å². The maximum atomic E-state index is 5.27. The smallest absolute Gasteiger partial charge is 0.0973 e. The molecule has 0 amide bonds. The SMILES string of the molecule is c1ccc2cc(-c3ccc4c(c3)c3ccccc3n4-c3ccc(-c4ccc(-c5nc6ccccc6nc5-c5ccc(-c6ccc(-n7c8ccccc8c8cc(-c9ccc%10ccccc%10c9)ccc87)cc6)cc5)cc4)cc3)ccc2c1. The van der Waals surface area contributed by atoms with Gasteiger partial charge >= 0.3 is 0 Å². The largest absolute Gasteiger partial charge is 0.309 e. The highest BCUT2D eigenvalue weighted by Gasteiger charge is 2.18. The van der Waals surface area contributed by atoms with Gasteiger partial charge in [-0.3, -0.25) is 0 Å². The van der Waals surface area contributed by atoms with E-state index in [1.807, 2.05) is 24.3 Å². The standard InChI is InChI=1S/C76H48N4/c1-3-13-57-45-59(31-25-49(57)11-1)61-37-43-73-67(47-61)65-15-5-9-19-71(65)79(73)63-39-33-53(34-40-63)51-21-27-55(28-22-51)75-76(78-70-18-8-7-17-69(70)77-75)56-29-23-52(24-30-56)54-35-41-64(42-36-54)80-72-20-10-6-16-66(72)68-48-62(38-44-74(68)80)60-32-26-50-12-2-4-14-58(50)46-60/h1-48H. The highest BCUT2D eigenvalue weighted by atomic mass is 15.0. The number of para-hydroxylation sites is 4. The zero-order valence-corrected chi connectivity index (χ0v) is 43.5. The molecule has 0 aliphatic heterocycles. The van der Waals surface area contributed by atoms with Gasteiger partial charge in [-0.1, -0.05) is 206 Å². The van der Waals surface area contributed by atoms with E-state index in [0.29, 0.717) is 0 Å². The van der Waals surface area contributed by atoms with E-state index in [1.165, 1.54) is 87.4 Å². The predicted molar refractivity (Wildman–Crippen MR) is 336 cm³/mol. The fourth-order valence-electron chi connectivity index (χ4n) is 12.2. The Hall–Kier alpha value is -10.7. The summed E-state index contributed by atoms with van der Waals surface area (Å²) >= 11 is 0. The van der Waals surface area contributed by atoms with Gasteiger partial charge in [0.05, 0.1) is 44.5 Å². The molecular weight excluding hydrogens is 969 g/mol. The number of hydrogen-bond donors (Lipinski definition) is 0. The maximum absolute atomic E-state index is 5.27. The normalized spacial score (nSPS) is 11.8.